The number of aromatic nitrogens is 2. The number of nitrogens with one attached hydrogen (secondary N) is 1. The molecule has 2 aromatic rings. The topological polar surface area (TPSA) is 91.0 Å². The molecule has 1 aliphatic rings. The fourth-order valence-electron chi connectivity index (χ4n) is 3.23. The summed E-state index contributed by atoms with van der Waals surface area (Å²) in [6.07, 6.45) is 2.52. The molecule has 1 N–H and O–H groups in total. The van der Waals surface area contributed by atoms with Gasteiger partial charge >= 0.3 is 6.03 Å². The number of hydrogen-bond donors (Lipinski definition) is 1. The SMILES string of the molecule is Cn1nc(NC(=O)N2CCC(Cc3cccc(C#N)c3Cl)CC2)ccc1=O. The van der Waals surface area contributed by atoms with E-state index in [0.717, 1.165) is 24.8 Å². The van der Waals surface area contributed by atoms with Crippen LogP contribution in [0.15, 0.2) is 35.1 Å². The van der Waals surface area contributed by atoms with E-state index in [0.29, 0.717) is 35.4 Å². The Morgan fingerprint density at radius 2 is 2.07 bits per heavy atom. The van der Waals surface area contributed by atoms with Crippen molar-refractivity contribution in [1.29, 1.82) is 5.26 Å². The number of anilines is 1. The summed E-state index contributed by atoms with van der Waals surface area (Å²) in [5.41, 5.74) is 1.25. The molecular formula is C19H20ClN5O2. The summed E-state index contributed by atoms with van der Waals surface area (Å²) in [6.45, 7) is 1.27. The number of piperidine rings is 1. The second-order valence-electron chi connectivity index (χ2n) is 6.64. The number of hydrogen-bond acceptors (Lipinski definition) is 4. The molecule has 0 unspecified atom stereocenters. The van der Waals surface area contributed by atoms with Crippen molar-refractivity contribution < 1.29 is 4.79 Å². The average Bonchev–Trinajstić information content (AvgIpc) is 2.67. The van der Waals surface area contributed by atoms with Crippen LogP contribution in [0.1, 0.15) is 24.0 Å². The first-order valence-corrected chi connectivity index (χ1v) is 9.13. The first kappa shape index (κ1) is 18.9. The lowest BCUT2D eigenvalue weighted by Gasteiger charge is -2.32. The average molecular weight is 386 g/mol. The van der Waals surface area contributed by atoms with Crippen molar-refractivity contribution in [2.75, 3.05) is 18.4 Å². The molecule has 2 heterocycles. The molecular weight excluding hydrogens is 366 g/mol. The van der Waals surface area contributed by atoms with E-state index < -0.39 is 0 Å². The molecule has 0 saturated carbocycles. The predicted molar refractivity (Wildman–Crippen MR) is 103 cm³/mol. The zero-order valence-electron chi connectivity index (χ0n) is 15.0. The maximum atomic E-state index is 12.4. The summed E-state index contributed by atoms with van der Waals surface area (Å²) in [5.74, 6) is 0.764. The number of nitrogens with zero attached hydrogens (tertiary/aromatic N) is 4. The number of amides is 2. The van der Waals surface area contributed by atoms with Crippen LogP contribution in [0.4, 0.5) is 10.6 Å². The Morgan fingerprint density at radius 1 is 1.33 bits per heavy atom. The summed E-state index contributed by atoms with van der Waals surface area (Å²) in [5, 5.41) is 16.4. The monoisotopic (exact) mass is 385 g/mol. The lowest BCUT2D eigenvalue weighted by molar-refractivity contribution is 0.182. The lowest BCUT2D eigenvalue weighted by atomic mass is 9.90. The molecule has 0 atom stereocenters. The molecule has 3 rings (SSSR count). The number of rotatable bonds is 3. The molecule has 8 heteroatoms. The minimum Gasteiger partial charge on any atom is -0.324 e. The van der Waals surface area contributed by atoms with Crippen LogP contribution in [0.2, 0.25) is 5.02 Å². The third-order valence-electron chi connectivity index (χ3n) is 4.80. The standard InChI is InChI=1S/C19H20ClN5O2/c1-24-17(26)6-5-16(23-24)22-19(27)25-9-7-13(8-10-25)11-14-3-2-4-15(12-21)18(14)20/h2-6,13H,7-11H2,1H3,(H,22,23,27). The Balaban J connectivity index is 1.55. The molecule has 0 radical (unpaired) electrons. The van der Waals surface area contributed by atoms with Gasteiger partial charge in [0.05, 0.1) is 10.6 Å². The highest BCUT2D eigenvalue weighted by Gasteiger charge is 2.24. The summed E-state index contributed by atoms with van der Waals surface area (Å²) in [4.78, 5) is 25.5. The van der Waals surface area contributed by atoms with Crippen molar-refractivity contribution in [3.63, 3.8) is 0 Å². The molecule has 1 aliphatic heterocycles. The fourth-order valence-corrected chi connectivity index (χ4v) is 3.48. The largest absolute Gasteiger partial charge is 0.324 e. The number of likely N-dealkylation sites (tertiary alicyclic amines) is 1. The summed E-state index contributed by atoms with van der Waals surface area (Å²) < 4.78 is 1.18. The maximum absolute atomic E-state index is 12.4. The van der Waals surface area contributed by atoms with Crippen LogP contribution in [0.5, 0.6) is 0 Å². The Labute approximate surface area is 162 Å². The van der Waals surface area contributed by atoms with E-state index in [1.54, 1.807) is 11.0 Å². The normalized spacial score (nSPS) is 14.6. The molecule has 1 aromatic heterocycles. The highest BCUT2D eigenvalue weighted by molar-refractivity contribution is 6.32. The summed E-state index contributed by atoms with van der Waals surface area (Å²) in [7, 11) is 1.54. The van der Waals surface area contributed by atoms with Crippen LogP contribution in [-0.2, 0) is 13.5 Å². The van der Waals surface area contributed by atoms with E-state index in [1.807, 2.05) is 12.1 Å². The van der Waals surface area contributed by atoms with E-state index in [4.69, 9.17) is 16.9 Å². The van der Waals surface area contributed by atoms with Crippen LogP contribution in [0, 0.1) is 17.2 Å². The Morgan fingerprint density at radius 3 is 2.74 bits per heavy atom. The molecule has 0 spiro atoms. The molecule has 1 saturated heterocycles. The van der Waals surface area contributed by atoms with Gasteiger partial charge in [0, 0.05) is 26.2 Å². The highest BCUT2D eigenvalue weighted by atomic mass is 35.5. The minimum atomic E-state index is -0.229. The molecule has 0 bridgehead atoms. The molecule has 1 aromatic carbocycles. The number of carbonyl (C=O) groups is 1. The minimum absolute atomic E-state index is 0.218. The van der Waals surface area contributed by atoms with E-state index in [1.165, 1.54) is 23.9 Å². The van der Waals surface area contributed by atoms with Crippen molar-refractivity contribution >= 4 is 23.4 Å². The van der Waals surface area contributed by atoms with E-state index in [-0.39, 0.29) is 11.6 Å². The van der Waals surface area contributed by atoms with Crippen LogP contribution in [0.25, 0.3) is 0 Å². The van der Waals surface area contributed by atoms with Gasteiger partial charge in [0.2, 0.25) is 0 Å². The van der Waals surface area contributed by atoms with Crippen molar-refractivity contribution in [2.24, 2.45) is 13.0 Å². The van der Waals surface area contributed by atoms with Crippen molar-refractivity contribution in [3.05, 3.63) is 56.8 Å². The smallest absolute Gasteiger partial charge is 0.323 e. The first-order chi connectivity index (χ1) is 13.0. The van der Waals surface area contributed by atoms with E-state index in [9.17, 15) is 9.59 Å². The Kier molecular flexibility index (Phi) is 5.77. The van der Waals surface area contributed by atoms with Crippen LogP contribution >= 0.6 is 11.6 Å². The quantitative estimate of drug-likeness (QED) is 0.879. The van der Waals surface area contributed by atoms with Crippen molar-refractivity contribution in [3.8, 4) is 6.07 Å². The first-order valence-electron chi connectivity index (χ1n) is 8.75. The van der Waals surface area contributed by atoms with Gasteiger partial charge in [0.25, 0.3) is 5.56 Å². The van der Waals surface area contributed by atoms with Gasteiger partial charge in [-0.25, -0.2) is 9.48 Å². The molecule has 1 fully saturated rings. The number of nitriles is 1. The number of halogens is 1. The second kappa shape index (κ2) is 8.23. The fraction of sp³-hybridized carbons (Fsp3) is 0.368. The van der Waals surface area contributed by atoms with E-state index >= 15 is 0 Å². The van der Waals surface area contributed by atoms with Crippen LogP contribution in [-0.4, -0.2) is 33.8 Å². The van der Waals surface area contributed by atoms with Gasteiger partial charge in [-0.15, -0.1) is 0 Å². The van der Waals surface area contributed by atoms with Gasteiger partial charge in [-0.2, -0.15) is 10.4 Å². The third kappa shape index (κ3) is 4.47. The van der Waals surface area contributed by atoms with Crippen LogP contribution < -0.4 is 10.9 Å². The molecule has 27 heavy (non-hydrogen) atoms. The predicted octanol–water partition coefficient (Wildman–Crippen LogP) is 2.79. The Bertz CT molecular complexity index is 942. The van der Waals surface area contributed by atoms with Gasteiger partial charge in [0.1, 0.15) is 6.07 Å². The molecule has 7 nitrogen and oxygen atoms in total. The number of benzene rings is 1. The van der Waals surface area contributed by atoms with Gasteiger partial charge < -0.3 is 4.90 Å². The molecule has 2 amide bonds. The van der Waals surface area contributed by atoms with Crippen molar-refractivity contribution in [2.45, 2.75) is 19.3 Å². The van der Waals surface area contributed by atoms with Gasteiger partial charge in [-0.1, -0.05) is 23.7 Å². The zero-order chi connectivity index (χ0) is 19.4. The van der Waals surface area contributed by atoms with Gasteiger partial charge in [-0.05, 0) is 42.9 Å². The summed E-state index contributed by atoms with van der Waals surface area (Å²) in [6, 6.07) is 10.3. The molecule has 0 aliphatic carbocycles. The number of aryl methyl sites for hydroxylation is 1. The van der Waals surface area contributed by atoms with Gasteiger partial charge in [0.15, 0.2) is 5.82 Å². The van der Waals surface area contributed by atoms with Crippen molar-refractivity contribution in [1.82, 2.24) is 14.7 Å². The number of carbonyl (C=O) groups excluding carboxylic acids is 1. The Hall–Kier alpha value is -2.85. The van der Waals surface area contributed by atoms with E-state index in [2.05, 4.69) is 16.5 Å². The summed E-state index contributed by atoms with van der Waals surface area (Å²) >= 11 is 6.29. The van der Waals surface area contributed by atoms with Gasteiger partial charge in [-0.3, -0.25) is 10.1 Å². The highest BCUT2D eigenvalue weighted by Crippen LogP contribution is 2.27. The lowest BCUT2D eigenvalue weighted by Crippen LogP contribution is -2.41. The second-order valence-corrected chi connectivity index (χ2v) is 7.01. The molecule has 140 valence electrons. The van der Waals surface area contributed by atoms with Crippen LogP contribution in [0.3, 0.4) is 0 Å². The maximum Gasteiger partial charge on any atom is 0.323 e. The third-order valence-corrected chi connectivity index (χ3v) is 5.25. The number of urea groups is 1. The zero-order valence-corrected chi connectivity index (χ0v) is 15.7.